The lowest BCUT2D eigenvalue weighted by Crippen LogP contribution is -2.41. The van der Waals surface area contributed by atoms with E-state index >= 15 is 0 Å². The lowest BCUT2D eigenvalue weighted by molar-refractivity contribution is -0.148. The number of rotatable bonds is 4. The first kappa shape index (κ1) is 17.7. The average molecular weight is 341 g/mol. The Hall–Kier alpha value is -1.64. The predicted octanol–water partition coefficient (Wildman–Crippen LogP) is 0.932. The quantitative estimate of drug-likeness (QED) is 0.594. The molecule has 0 aromatic carbocycles. The van der Waals surface area contributed by atoms with E-state index in [-0.39, 0.29) is 23.3 Å². The van der Waals surface area contributed by atoms with E-state index in [4.69, 9.17) is 4.74 Å². The normalized spacial score (nSPS) is 16.4. The molecule has 9 heteroatoms. The summed E-state index contributed by atoms with van der Waals surface area (Å²) in [5.74, 6) is 0.0572. The van der Waals surface area contributed by atoms with Crippen LogP contribution in [-0.4, -0.2) is 62.9 Å². The molecule has 1 aliphatic heterocycles. The summed E-state index contributed by atoms with van der Waals surface area (Å²) in [6.45, 7) is 7.19. The van der Waals surface area contributed by atoms with Crippen molar-refractivity contribution in [3.05, 3.63) is 0 Å². The average Bonchev–Trinajstić information content (AvgIpc) is 3.01. The summed E-state index contributed by atoms with van der Waals surface area (Å²) in [5, 5.41) is 12.3. The van der Waals surface area contributed by atoms with E-state index < -0.39 is 0 Å². The van der Waals surface area contributed by atoms with Crippen molar-refractivity contribution in [2.75, 3.05) is 26.0 Å². The third-order valence-corrected chi connectivity index (χ3v) is 4.69. The van der Waals surface area contributed by atoms with E-state index in [1.54, 1.807) is 9.58 Å². The van der Waals surface area contributed by atoms with Gasteiger partial charge in [-0.1, -0.05) is 11.8 Å². The highest BCUT2D eigenvalue weighted by atomic mass is 32.2. The molecule has 23 heavy (non-hydrogen) atoms. The first-order valence-electron chi connectivity index (χ1n) is 7.60. The number of piperidine rings is 1. The molecule has 1 aliphatic rings. The summed E-state index contributed by atoms with van der Waals surface area (Å²) < 4.78 is 6.47. The minimum Gasteiger partial charge on any atom is -0.469 e. The van der Waals surface area contributed by atoms with Gasteiger partial charge in [0, 0.05) is 13.1 Å². The molecule has 0 saturated carbocycles. The number of ether oxygens (including phenoxy) is 1. The molecule has 0 aliphatic carbocycles. The highest BCUT2D eigenvalue weighted by Gasteiger charge is 2.28. The second kappa shape index (κ2) is 7.29. The molecule has 8 nitrogen and oxygen atoms in total. The Bertz CT molecular complexity index is 561. The van der Waals surface area contributed by atoms with E-state index in [1.807, 2.05) is 20.8 Å². The van der Waals surface area contributed by atoms with Crippen molar-refractivity contribution in [2.45, 2.75) is 44.3 Å². The summed E-state index contributed by atoms with van der Waals surface area (Å²) in [4.78, 5) is 25.6. The molecule has 128 valence electrons. The van der Waals surface area contributed by atoms with Gasteiger partial charge in [0.05, 0.1) is 24.3 Å². The summed E-state index contributed by atoms with van der Waals surface area (Å²) in [6.07, 6.45) is 1.31. The maximum Gasteiger partial charge on any atom is 0.308 e. The van der Waals surface area contributed by atoms with Crippen LogP contribution in [-0.2, 0) is 19.9 Å². The number of aromatic nitrogens is 4. The highest BCUT2D eigenvalue weighted by molar-refractivity contribution is 7.99. The number of esters is 1. The molecule has 2 rings (SSSR count). The van der Waals surface area contributed by atoms with Gasteiger partial charge in [-0.2, -0.15) is 0 Å². The number of hydrogen-bond acceptors (Lipinski definition) is 7. The van der Waals surface area contributed by atoms with Crippen LogP contribution < -0.4 is 0 Å². The number of likely N-dealkylation sites (tertiary alicyclic amines) is 1. The van der Waals surface area contributed by atoms with Crippen LogP contribution in [0, 0.1) is 5.92 Å². The standard InChI is InChI=1S/C14H23N5O3S/c1-14(2,3)19-13(15-16-17-19)23-9-11(20)18-7-5-10(6-8-18)12(21)22-4/h10H,5-9H2,1-4H3. The largest absolute Gasteiger partial charge is 0.469 e. The number of carbonyl (C=O) groups excluding carboxylic acids is 2. The predicted molar refractivity (Wildman–Crippen MR) is 84.9 cm³/mol. The van der Waals surface area contributed by atoms with Crippen LogP contribution in [0.3, 0.4) is 0 Å². The van der Waals surface area contributed by atoms with Crippen molar-refractivity contribution in [2.24, 2.45) is 5.92 Å². The number of nitrogens with zero attached hydrogens (tertiary/aromatic N) is 5. The smallest absolute Gasteiger partial charge is 0.308 e. The van der Waals surface area contributed by atoms with Crippen molar-refractivity contribution in [1.82, 2.24) is 25.1 Å². The van der Waals surface area contributed by atoms with Crippen LogP contribution in [0.2, 0.25) is 0 Å². The Labute approximate surface area is 139 Å². The van der Waals surface area contributed by atoms with E-state index in [1.165, 1.54) is 18.9 Å². The third kappa shape index (κ3) is 4.43. The van der Waals surface area contributed by atoms with Crippen molar-refractivity contribution >= 4 is 23.6 Å². The fourth-order valence-corrected chi connectivity index (χ4v) is 3.40. The fraction of sp³-hybridized carbons (Fsp3) is 0.786. The van der Waals surface area contributed by atoms with Gasteiger partial charge in [0.15, 0.2) is 0 Å². The summed E-state index contributed by atoms with van der Waals surface area (Å²) in [6, 6.07) is 0. The van der Waals surface area contributed by atoms with Crippen LogP contribution in [0.5, 0.6) is 0 Å². The number of tetrazole rings is 1. The van der Waals surface area contributed by atoms with Crippen LogP contribution in [0.15, 0.2) is 5.16 Å². The molecule has 0 radical (unpaired) electrons. The molecule has 0 N–H and O–H groups in total. The Morgan fingerprint density at radius 3 is 2.52 bits per heavy atom. The van der Waals surface area contributed by atoms with E-state index in [9.17, 15) is 9.59 Å². The first-order valence-corrected chi connectivity index (χ1v) is 8.58. The SMILES string of the molecule is COC(=O)C1CCN(C(=O)CSc2nnnn2C(C)(C)C)CC1. The van der Waals surface area contributed by atoms with Gasteiger partial charge in [-0.25, -0.2) is 4.68 Å². The van der Waals surface area contributed by atoms with Crippen LogP contribution in [0.25, 0.3) is 0 Å². The topological polar surface area (TPSA) is 90.2 Å². The van der Waals surface area contributed by atoms with E-state index in [0.29, 0.717) is 36.8 Å². The molecular weight excluding hydrogens is 318 g/mol. The lowest BCUT2D eigenvalue weighted by atomic mass is 9.97. The van der Waals surface area contributed by atoms with E-state index in [0.717, 1.165) is 0 Å². The molecule has 1 saturated heterocycles. The maximum absolute atomic E-state index is 12.3. The minimum absolute atomic E-state index is 0.0433. The molecule has 0 spiro atoms. The molecular formula is C14H23N5O3S. The van der Waals surface area contributed by atoms with Crippen LogP contribution >= 0.6 is 11.8 Å². The van der Waals surface area contributed by atoms with Gasteiger partial charge in [0.2, 0.25) is 11.1 Å². The molecule has 1 fully saturated rings. The van der Waals surface area contributed by atoms with Gasteiger partial charge in [-0.05, 0) is 44.0 Å². The lowest BCUT2D eigenvalue weighted by Gasteiger charge is -2.30. The van der Waals surface area contributed by atoms with Gasteiger partial charge >= 0.3 is 5.97 Å². The highest BCUT2D eigenvalue weighted by Crippen LogP contribution is 2.23. The molecule has 0 unspecified atom stereocenters. The molecule has 1 aromatic heterocycles. The minimum atomic E-state index is -0.228. The Kier molecular flexibility index (Phi) is 5.61. The summed E-state index contributed by atoms with van der Waals surface area (Å²) >= 11 is 1.34. The number of amides is 1. The number of carbonyl (C=O) groups is 2. The summed E-state index contributed by atoms with van der Waals surface area (Å²) in [7, 11) is 1.40. The molecule has 0 bridgehead atoms. The zero-order valence-electron chi connectivity index (χ0n) is 14.0. The Balaban J connectivity index is 1.85. The van der Waals surface area contributed by atoms with Crippen molar-refractivity contribution in [1.29, 1.82) is 0 Å². The van der Waals surface area contributed by atoms with Gasteiger partial charge in [0.1, 0.15) is 0 Å². The van der Waals surface area contributed by atoms with Gasteiger partial charge in [0.25, 0.3) is 0 Å². The van der Waals surface area contributed by atoms with Gasteiger partial charge in [-0.15, -0.1) is 5.10 Å². The van der Waals surface area contributed by atoms with E-state index in [2.05, 4.69) is 15.5 Å². The molecule has 1 amide bonds. The molecule has 0 atom stereocenters. The van der Waals surface area contributed by atoms with Gasteiger partial charge < -0.3 is 9.64 Å². The number of hydrogen-bond donors (Lipinski definition) is 0. The monoisotopic (exact) mass is 341 g/mol. The zero-order valence-corrected chi connectivity index (χ0v) is 14.8. The van der Waals surface area contributed by atoms with Crippen LogP contribution in [0.1, 0.15) is 33.6 Å². The second-order valence-corrected chi connectivity index (χ2v) is 7.45. The first-order chi connectivity index (χ1) is 10.8. The van der Waals surface area contributed by atoms with Crippen LogP contribution in [0.4, 0.5) is 0 Å². The number of thioether (sulfide) groups is 1. The maximum atomic E-state index is 12.3. The molecule has 2 heterocycles. The second-order valence-electron chi connectivity index (χ2n) is 6.51. The number of methoxy groups -OCH3 is 1. The fourth-order valence-electron chi connectivity index (χ4n) is 2.44. The summed E-state index contributed by atoms with van der Waals surface area (Å²) in [5.41, 5.74) is -0.228. The Morgan fingerprint density at radius 2 is 1.96 bits per heavy atom. The Morgan fingerprint density at radius 1 is 1.30 bits per heavy atom. The van der Waals surface area contributed by atoms with Crippen molar-refractivity contribution in [3.63, 3.8) is 0 Å². The third-order valence-electron chi connectivity index (χ3n) is 3.78. The molecule has 1 aromatic rings. The zero-order chi connectivity index (χ0) is 17.0. The van der Waals surface area contributed by atoms with Gasteiger partial charge in [-0.3, -0.25) is 9.59 Å². The van der Waals surface area contributed by atoms with Crippen molar-refractivity contribution < 1.29 is 14.3 Å². The van der Waals surface area contributed by atoms with Crippen molar-refractivity contribution in [3.8, 4) is 0 Å².